The second kappa shape index (κ2) is 9.58. The number of benzene rings is 1. The molecule has 2 aliphatic heterocycles. The Labute approximate surface area is 200 Å². The second-order valence-corrected chi connectivity index (χ2v) is 11.4. The van der Waals surface area contributed by atoms with E-state index in [0.717, 1.165) is 6.42 Å². The standard InChI is InChI=1S/C24H33N3O6S/c1-5-32-24(29)26-10-8-25(9-11-26)23(28)22-18(4)20-13-19(6-7-21(20)33-22)34(30,31)27-14-16(2)12-17(3)15-27/h6-7,13,16-17H,5,8-12,14-15H2,1-4H3/t16-,17-/m1/s1. The lowest BCUT2D eigenvalue weighted by molar-refractivity contribution is 0.0547. The molecule has 0 aliphatic carbocycles. The highest BCUT2D eigenvalue weighted by molar-refractivity contribution is 7.89. The van der Waals surface area contributed by atoms with Crippen LogP contribution in [0.5, 0.6) is 0 Å². The van der Waals surface area contributed by atoms with E-state index in [2.05, 4.69) is 13.8 Å². The summed E-state index contributed by atoms with van der Waals surface area (Å²) in [6.45, 7) is 10.5. The number of aryl methyl sites for hydroxylation is 1. The molecular formula is C24H33N3O6S. The highest BCUT2D eigenvalue weighted by Crippen LogP contribution is 2.32. The Bertz CT molecular complexity index is 1170. The van der Waals surface area contributed by atoms with Gasteiger partial charge < -0.3 is 19.0 Å². The summed E-state index contributed by atoms with van der Waals surface area (Å²) in [5.74, 6) is 0.563. The number of piperazine rings is 1. The molecular weight excluding hydrogens is 458 g/mol. The number of hydrogen-bond acceptors (Lipinski definition) is 6. The molecule has 1 aromatic heterocycles. The Balaban J connectivity index is 1.55. The molecule has 3 heterocycles. The lowest BCUT2D eigenvalue weighted by Gasteiger charge is -2.34. The molecule has 0 unspecified atom stereocenters. The van der Waals surface area contributed by atoms with Crippen LogP contribution in [0, 0.1) is 18.8 Å². The summed E-state index contributed by atoms with van der Waals surface area (Å²) in [6.07, 6.45) is 0.645. The molecule has 34 heavy (non-hydrogen) atoms. The molecule has 2 aromatic rings. The molecule has 0 radical (unpaired) electrons. The first-order valence-electron chi connectivity index (χ1n) is 11.9. The highest BCUT2D eigenvalue weighted by Gasteiger charge is 2.33. The quantitative estimate of drug-likeness (QED) is 0.650. The highest BCUT2D eigenvalue weighted by atomic mass is 32.2. The maximum absolute atomic E-state index is 13.3. The Morgan fingerprint density at radius 1 is 1.06 bits per heavy atom. The van der Waals surface area contributed by atoms with Gasteiger partial charge in [-0.05, 0) is 50.3 Å². The minimum absolute atomic E-state index is 0.203. The zero-order chi connectivity index (χ0) is 24.6. The summed E-state index contributed by atoms with van der Waals surface area (Å²) >= 11 is 0. The van der Waals surface area contributed by atoms with Gasteiger partial charge in [0.15, 0.2) is 5.76 Å². The van der Waals surface area contributed by atoms with Crippen LogP contribution in [0.1, 0.15) is 43.3 Å². The third-order valence-corrected chi connectivity index (χ3v) is 8.50. The minimum atomic E-state index is -3.64. The van der Waals surface area contributed by atoms with Crippen molar-refractivity contribution in [2.45, 2.75) is 39.0 Å². The molecule has 2 fully saturated rings. The number of sulfonamides is 1. The first-order chi connectivity index (χ1) is 16.1. The van der Waals surface area contributed by atoms with Gasteiger partial charge in [0.2, 0.25) is 10.0 Å². The Hall–Kier alpha value is -2.59. The third-order valence-electron chi connectivity index (χ3n) is 6.67. The van der Waals surface area contributed by atoms with Crippen LogP contribution in [0.15, 0.2) is 27.5 Å². The van der Waals surface area contributed by atoms with E-state index in [1.165, 1.54) is 0 Å². The van der Waals surface area contributed by atoms with E-state index in [1.807, 2.05) is 0 Å². The van der Waals surface area contributed by atoms with Crippen molar-refractivity contribution >= 4 is 33.0 Å². The van der Waals surface area contributed by atoms with Crippen LogP contribution in [-0.4, -0.2) is 80.4 Å². The lowest BCUT2D eigenvalue weighted by Crippen LogP contribution is -2.50. The maximum atomic E-state index is 13.3. The number of furan rings is 1. The smallest absolute Gasteiger partial charge is 0.409 e. The molecule has 2 saturated heterocycles. The summed E-state index contributed by atoms with van der Waals surface area (Å²) in [4.78, 5) is 28.5. The average molecular weight is 492 g/mol. The van der Waals surface area contributed by atoms with Gasteiger partial charge in [-0.2, -0.15) is 4.31 Å². The van der Waals surface area contributed by atoms with Crippen molar-refractivity contribution in [3.63, 3.8) is 0 Å². The number of piperidine rings is 1. The predicted octanol–water partition coefficient (Wildman–Crippen LogP) is 3.32. The molecule has 2 amide bonds. The van der Waals surface area contributed by atoms with Gasteiger partial charge in [0, 0.05) is 50.2 Å². The van der Waals surface area contributed by atoms with E-state index in [4.69, 9.17) is 9.15 Å². The van der Waals surface area contributed by atoms with Gasteiger partial charge in [-0.3, -0.25) is 4.79 Å². The van der Waals surface area contributed by atoms with Crippen molar-refractivity contribution < 1.29 is 27.2 Å². The maximum Gasteiger partial charge on any atom is 0.409 e. The van der Waals surface area contributed by atoms with Crippen molar-refractivity contribution in [1.82, 2.24) is 14.1 Å². The first-order valence-corrected chi connectivity index (χ1v) is 13.3. The van der Waals surface area contributed by atoms with Gasteiger partial charge in [0.1, 0.15) is 5.58 Å². The number of amides is 2. The van der Waals surface area contributed by atoms with Crippen LogP contribution in [0.4, 0.5) is 4.79 Å². The molecule has 10 heteroatoms. The Kier molecular flexibility index (Phi) is 6.91. The molecule has 186 valence electrons. The van der Waals surface area contributed by atoms with Gasteiger partial charge in [0.25, 0.3) is 5.91 Å². The molecule has 0 bridgehead atoms. The van der Waals surface area contributed by atoms with E-state index in [9.17, 15) is 18.0 Å². The fourth-order valence-electron chi connectivity index (χ4n) is 4.97. The van der Waals surface area contributed by atoms with Crippen LogP contribution in [0.25, 0.3) is 11.0 Å². The van der Waals surface area contributed by atoms with Gasteiger partial charge >= 0.3 is 6.09 Å². The number of carbonyl (C=O) groups is 2. The number of fused-ring (bicyclic) bond motifs is 1. The lowest BCUT2D eigenvalue weighted by atomic mass is 9.94. The fourth-order valence-corrected chi connectivity index (χ4v) is 6.67. The zero-order valence-corrected chi connectivity index (χ0v) is 21.1. The number of carbonyl (C=O) groups excluding carboxylic acids is 2. The summed E-state index contributed by atoms with van der Waals surface area (Å²) in [5.41, 5.74) is 1.09. The largest absolute Gasteiger partial charge is 0.451 e. The number of hydrogen-bond donors (Lipinski definition) is 0. The van der Waals surface area contributed by atoms with Crippen molar-refractivity contribution in [3.8, 4) is 0 Å². The zero-order valence-electron chi connectivity index (χ0n) is 20.2. The van der Waals surface area contributed by atoms with E-state index in [1.54, 1.807) is 46.2 Å². The van der Waals surface area contributed by atoms with Gasteiger partial charge in [-0.25, -0.2) is 13.2 Å². The molecule has 4 rings (SSSR count). The molecule has 1 aromatic carbocycles. The third kappa shape index (κ3) is 4.65. The van der Waals surface area contributed by atoms with Gasteiger partial charge in [0.05, 0.1) is 11.5 Å². The summed E-state index contributed by atoms with van der Waals surface area (Å²) < 4.78 is 39.1. The number of ether oxygens (including phenoxy) is 1. The first kappa shape index (κ1) is 24.5. The Morgan fingerprint density at radius 3 is 2.29 bits per heavy atom. The molecule has 2 aliphatic rings. The van der Waals surface area contributed by atoms with Crippen molar-refractivity contribution in [2.75, 3.05) is 45.9 Å². The molecule has 2 atom stereocenters. The number of nitrogens with zero attached hydrogens (tertiary/aromatic N) is 3. The van der Waals surface area contributed by atoms with Crippen molar-refractivity contribution in [1.29, 1.82) is 0 Å². The van der Waals surface area contributed by atoms with E-state index < -0.39 is 10.0 Å². The summed E-state index contributed by atoms with van der Waals surface area (Å²) in [6, 6.07) is 4.79. The monoisotopic (exact) mass is 491 g/mol. The van der Waals surface area contributed by atoms with E-state index in [-0.39, 0.29) is 22.7 Å². The second-order valence-electron chi connectivity index (χ2n) is 9.46. The van der Waals surface area contributed by atoms with Crippen LogP contribution >= 0.6 is 0 Å². The van der Waals surface area contributed by atoms with Crippen LogP contribution in [-0.2, 0) is 14.8 Å². The predicted molar refractivity (Wildman–Crippen MR) is 127 cm³/mol. The fraction of sp³-hybridized carbons (Fsp3) is 0.583. The average Bonchev–Trinajstić information content (AvgIpc) is 3.14. The van der Waals surface area contributed by atoms with E-state index >= 15 is 0 Å². The molecule has 0 spiro atoms. The normalized spacial score (nSPS) is 22.2. The molecule has 9 nitrogen and oxygen atoms in total. The van der Waals surface area contributed by atoms with E-state index in [0.29, 0.717) is 74.2 Å². The van der Waals surface area contributed by atoms with Crippen molar-refractivity contribution in [3.05, 3.63) is 29.5 Å². The van der Waals surface area contributed by atoms with Crippen LogP contribution < -0.4 is 0 Å². The molecule has 0 N–H and O–H groups in total. The van der Waals surface area contributed by atoms with Crippen LogP contribution in [0.2, 0.25) is 0 Å². The van der Waals surface area contributed by atoms with Crippen LogP contribution in [0.3, 0.4) is 0 Å². The summed E-state index contributed by atoms with van der Waals surface area (Å²) in [7, 11) is -3.64. The number of rotatable bonds is 4. The van der Waals surface area contributed by atoms with Crippen molar-refractivity contribution in [2.24, 2.45) is 11.8 Å². The topological polar surface area (TPSA) is 100 Å². The Morgan fingerprint density at radius 2 is 1.68 bits per heavy atom. The van der Waals surface area contributed by atoms with Gasteiger partial charge in [-0.15, -0.1) is 0 Å². The SMILES string of the molecule is CCOC(=O)N1CCN(C(=O)c2oc3ccc(S(=O)(=O)N4C[C@H](C)C[C@@H](C)C4)cc3c2C)CC1. The molecule has 0 saturated carbocycles. The van der Waals surface area contributed by atoms with Gasteiger partial charge in [-0.1, -0.05) is 13.8 Å². The summed E-state index contributed by atoms with van der Waals surface area (Å²) in [5, 5.41) is 0.618. The minimum Gasteiger partial charge on any atom is -0.451 e.